The Morgan fingerprint density at radius 1 is 1.19 bits per heavy atom. The molecular formula is C27H33N5O3S. The van der Waals surface area contributed by atoms with E-state index >= 15 is 0 Å². The lowest BCUT2D eigenvalue weighted by molar-refractivity contribution is 0.0782. The zero-order chi connectivity index (χ0) is 26.2. The van der Waals surface area contributed by atoms with Gasteiger partial charge in [-0.15, -0.1) is 4.37 Å². The Labute approximate surface area is 214 Å². The van der Waals surface area contributed by atoms with Gasteiger partial charge in [-0.1, -0.05) is 61.0 Å². The number of allylic oxidation sites excluding steroid dienone is 3. The van der Waals surface area contributed by atoms with E-state index in [0.29, 0.717) is 12.0 Å². The number of amides is 1. The molecule has 1 heterocycles. The van der Waals surface area contributed by atoms with Crippen LogP contribution < -0.4 is 10.8 Å². The van der Waals surface area contributed by atoms with Crippen LogP contribution in [0.5, 0.6) is 5.75 Å². The van der Waals surface area contributed by atoms with Crippen molar-refractivity contribution in [1.29, 1.82) is 0 Å². The number of rotatable bonds is 9. The van der Waals surface area contributed by atoms with Crippen LogP contribution in [0.1, 0.15) is 50.0 Å². The smallest absolute Gasteiger partial charge is 0.257 e. The van der Waals surface area contributed by atoms with Crippen molar-refractivity contribution >= 4 is 28.6 Å². The van der Waals surface area contributed by atoms with Crippen LogP contribution in [-0.2, 0) is 6.54 Å². The van der Waals surface area contributed by atoms with Gasteiger partial charge in [-0.2, -0.15) is 0 Å². The second-order valence-corrected chi connectivity index (χ2v) is 9.71. The van der Waals surface area contributed by atoms with E-state index < -0.39 is 11.1 Å². The molecule has 190 valence electrons. The van der Waals surface area contributed by atoms with Gasteiger partial charge < -0.3 is 19.9 Å². The molecule has 36 heavy (non-hydrogen) atoms. The van der Waals surface area contributed by atoms with Crippen molar-refractivity contribution in [3.05, 3.63) is 88.4 Å². The fourth-order valence-electron chi connectivity index (χ4n) is 3.61. The summed E-state index contributed by atoms with van der Waals surface area (Å²) in [5.41, 5.74) is 3.98. The number of carbonyl (C=O) groups excluding carboxylic acids is 1. The number of aromatic nitrogens is 2. The third kappa shape index (κ3) is 6.93. The quantitative estimate of drug-likeness (QED) is 0.202. The van der Waals surface area contributed by atoms with E-state index in [9.17, 15) is 14.5 Å². The molecule has 0 aliphatic carbocycles. The summed E-state index contributed by atoms with van der Waals surface area (Å²) in [6, 6.07) is 14.3. The summed E-state index contributed by atoms with van der Waals surface area (Å²) in [6.45, 7) is 8.48. The molecule has 0 saturated heterocycles. The molecule has 9 heteroatoms. The number of aromatic amines is 1. The SMILES string of the molecule is CC[C@@H](N=c1[nH][s+]([O-])nc1Nc1cccc(C(=O)N(C)Cc2ccccc2)c1O)/C(C)=C/C=C(C)C. The van der Waals surface area contributed by atoms with Crippen LogP contribution in [-0.4, -0.2) is 42.3 Å². The van der Waals surface area contributed by atoms with Gasteiger partial charge >= 0.3 is 0 Å². The number of anilines is 2. The van der Waals surface area contributed by atoms with Crippen molar-refractivity contribution in [1.82, 2.24) is 13.6 Å². The predicted molar refractivity (Wildman–Crippen MR) is 144 cm³/mol. The number of nitrogens with one attached hydrogen (secondary N) is 2. The highest BCUT2D eigenvalue weighted by Crippen LogP contribution is 2.30. The van der Waals surface area contributed by atoms with E-state index in [0.717, 1.165) is 17.6 Å². The molecule has 0 radical (unpaired) electrons. The number of benzene rings is 2. The highest BCUT2D eigenvalue weighted by Gasteiger charge is 2.20. The molecule has 2 atom stereocenters. The van der Waals surface area contributed by atoms with Crippen LogP contribution in [0.3, 0.4) is 0 Å². The molecule has 3 aromatic rings. The summed E-state index contributed by atoms with van der Waals surface area (Å²) in [5, 5.41) is 13.9. The van der Waals surface area contributed by atoms with E-state index in [1.807, 2.05) is 70.2 Å². The number of hydrogen-bond acceptors (Lipinski definition) is 6. The lowest BCUT2D eigenvalue weighted by atomic mass is 10.1. The first-order valence-corrected chi connectivity index (χ1v) is 12.9. The molecular weight excluding hydrogens is 474 g/mol. The molecule has 3 rings (SSSR count). The molecule has 1 amide bonds. The van der Waals surface area contributed by atoms with Crippen LogP contribution in [0.15, 0.2) is 76.8 Å². The van der Waals surface area contributed by atoms with E-state index in [2.05, 4.69) is 14.1 Å². The predicted octanol–water partition coefficient (Wildman–Crippen LogP) is 5.45. The van der Waals surface area contributed by atoms with Gasteiger partial charge in [0.05, 0.1) is 17.3 Å². The summed E-state index contributed by atoms with van der Waals surface area (Å²) in [6.07, 6.45) is 4.80. The average molecular weight is 508 g/mol. The van der Waals surface area contributed by atoms with E-state index in [1.54, 1.807) is 25.2 Å². The lowest BCUT2D eigenvalue weighted by Crippen LogP contribution is -2.26. The summed E-state index contributed by atoms with van der Waals surface area (Å²) >= 11 is -1.69. The van der Waals surface area contributed by atoms with Crippen LogP contribution in [0.2, 0.25) is 0 Å². The standard InChI is InChI=1S/C27H33N5O3S/c1-6-22(19(4)16-15-18(2)3)28-25-26(31-36(35)30-25)29-23-14-10-13-21(24(23)33)27(34)32(5)17-20-11-8-7-9-12-20/h7-16,22,33H,6,17H2,1-5H3,(H,28,30)(H,29,31)/b19-16+/t22-,36?/m1/s1. The minimum atomic E-state index is -1.69. The number of para-hydroxylation sites is 1. The maximum atomic E-state index is 13.1. The lowest BCUT2D eigenvalue weighted by Gasteiger charge is -2.19. The first-order chi connectivity index (χ1) is 17.2. The topological polar surface area (TPSA) is 117 Å². The second kappa shape index (κ2) is 12.3. The Bertz CT molecular complexity index is 1320. The van der Waals surface area contributed by atoms with Gasteiger partial charge in [-0.25, -0.2) is 0 Å². The minimum absolute atomic E-state index is 0.140. The number of aromatic hydroxyl groups is 1. The van der Waals surface area contributed by atoms with E-state index in [-0.39, 0.29) is 34.8 Å². The number of hydrogen-bond donors (Lipinski definition) is 3. The zero-order valence-corrected chi connectivity index (χ0v) is 22.1. The number of nitrogens with zero attached hydrogens (tertiary/aromatic N) is 3. The molecule has 0 aliphatic heterocycles. The zero-order valence-electron chi connectivity index (χ0n) is 21.3. The molecule has 0 saturated carbocycles. The normalized spacial score (nSPS) is 13.3. The Morgan fingerprint density at radius 3 is 2.58 bits per heavy atom. The third-order valence-corrected chi connectivity index (χ3v) is 6.30. The number of phenols is 1. The van der Waals surface area contributed by atoms with Gasteiger partial charge in [0, 0.05) is 18.0 Å². The number of phenolic OH excluding ortho intramolecular Hbond substituents is 1. The Morgan fingerprint density at radius 2 is 1.92 bits per heavy atom. The van der Waals surface area contributed by atoms with Crippen molar-refractivity contribution in [3.63, 3.8) is 0 Å². The third-order valence-electron chi connectivity index (χ3n) is 5.59. The summed E-state index contributed by atoms with van der Waals surface area (Å²) in [5.74, 6) is -0.303. The van der Waals surface area contributed by atoms with Crippen LogP contribution >= 0.6 is 11.1 Å². The maximum absolute atomic E-state index is 13.1. The summed E-state index contributed by atoms with van der Waals surface area (Å²) in [4.78, 5) is 19.3. The molecule has 0 fully saturated rings. The summed E-state index contributed by atoms with van der Waals surface area (Å²) in [7, 11) is 1.68. The molecule has 0 spiro atoms. The largest absolute Gasteiger partial charge is 0.548 e. The molecule has 2 aromatic carbocycles. The molecule has 1 unspecified atom stereocenters. The fourth-order valence-corrected chi connectivity index (χ4v) is 4.27. The van der Waals surface area contributed by atoms with Crippen molar-refractivity contribution in [3.8, 4) is 5.75 Å². The Kier molecular flexibility index (Phi) is 9.21. The highest BCUT2D eigenvalue weighted by molar-refractivity contribution is 7.13. The average Bonchev–Trinajstić information content (AvgIpc) is 3.20. The molecule has 0 aliphatic rings. The van der Waals surface area contributed by atoms with Crippen LogP contribution in [0.25, 0.3) is 0 Å². The van der Waals surface area contributed by atoms with Gasteiger partial charge in [-0.05, 0) is 50.5 Å². The highest BCUT2D eigenvalue weighted by atomic mass is 32.2. The Hall–Kier alpha value is -3.69. The van der Waals surface area contributed by atoms with Crippen molar-refractivity contribution in [2.45, 2.75) is 46.7 Å². The maximum Gasteiger partial charge on any atom is 0.257 e. The molecule has 8 nitrogen and oxygen atoms in total. The van der Waals surface area contributed by atoms with Crippen molar-refractivity contribution < 1.29 is 14.5 Å². The van der Waals surface area contributed by atoms with Gasteiger partial charge in [0.25, 0.3) is 5.91 Å². The van der Waals surface area contributed by atoms with Gasteiger partial charge in [-0.3, -0.25) is 9.79 Å². The number of H-pyrrole nitrogens is 1. The van der Waals surface area contributed by atoms with Crippen LogP contribution in [0.4, 0.5) is 11.5 Å². The van der Waals surface area contributed by atoms with Crippen molar-refractivity contribution in [2.75, 3.05) is 12.4 Å². The number of carbonyl (C=O) groups is 1. The first-order valence-electron chi connectivity index (χ1n) is 11.7. The molecule has 1 aromatic heterocycles. The Balaban J connectivity index is 1.88. The molecule has 0 bridgehead atoms. The monoisotopic (exact) mass is 507 g/mol. The first kappa shape index (κ1) is 26.9. The molecule has 3 N–H and O–H groups in total. The van der Waals surface area contributed by atoms with Gasteiger partial charge in [0.2, 0.25) is 11.3 Å². The van der Waals surface area contributed by atoms with Crippen molar-refractivity contribution in [2.24, 2.45) is 4.99 Å². The fraction of sp³-hybridized carbons (Fsp3) is 0.296. The van der Waals surface area contributed by atoms with Crippen LogP contribution in [0, 0.1) is 0 Å². The summed E-state index contributed by atoms with van der Waals surface area (Å²) < 4.78 is 19.0. The minimum Gasteiger partial charge on any atom is -0.548 e. The van der Waals surface area contributed by atoms with E-state index in [1.165, 1.54) is 10.5 Å². The van der Waals surface area contributed by atoms with Gasteiger partial charge in [0.15, 0.2) is 16.9 Å². The van der Waals surface area contributed by atoms with E-state index in [4.69, 9.17) is 4.99 Å². The second-order valence-electron chi connectivity index (χ2n) is 8.82. The van der Waals surface area contributed by atoms with Gasteiger partial charge in [0.1, 0.15) is 0 Å².